The molecule has 198 valence electrons. The van der Waals surface area contributed by atoms with Crippen LogP contribution in [0.4, 0.5) is 5.82 Å². The second-order valence-corrected chi connectivity index (χ2v) is 10.0. The summed E-state index contributed by atoms with van der Waals surface area (Å²) in [4.78, 5) is 23.3. The zero-order chi connectivity index (χ0) is 28.2. The highest BCUT2D eigenvalue weighted by atomic mass is 15.0. The Balaban J connectivity index is 1.38. The highest BCUT2D eigenvalue weighted by molar-refractivity contribution is 6.04. The molecule has 4 aromatic carbocycles. The van der Waals surface area contributed by atoms with E-state index in [-0.39, 0.29) is 0 Å². The van der Waals surface area contributed by atoms with Gasteiger partial charge in [0.25, 0.3) is 0 Å². The maximum absolute atomic E-state index is 4.94. The van der Waals surface area contributed by atoms with E-state index in [1.807, 2.05) is 55.5 Å². The minimum Gasteiger partial charge on any atom is -0.234 e. The van der Waals surface area contributed by atoms with Gasteiger partial charge in [0.15, 0.2) is 17.5 Å². The van der Waals surface area contributed by atoms with Crippen LogP contribution < -0.4 is 0 Å². The Morgan fingerprint density at radius 3 is 2.07 bits per heavy atom. The van der Waals surface area contributed by atoms with Crippen molar-refractivity contribution in [3.8, 4) is 22.8 Å². The fourth-order valence-corrected chi connectivity index (χ4v) is 4.89. The van der Waals surface area contributed by atoms with Gasteiger partial charge in [-0.2, -0.15) is 0 Å². The van der Waals surface area contributed by atoms with Crippen molar-refractivity contribution >= 4 is 28.0 Å². The molecule has 0 aliphatic heterocycles. The van der Waals surface area contributed by atoms with Crippen molar-refractivity contribution in [2.45, 2.75) is 20.8 Å². The second-order valence-electron chi connectivity index (χ2n) is 10.0. The molecule has 0 N–H and O–H groups in total. The molecule has 41 heavy (non-hydrogen) atoms. The van der Waals surface area contributed by atoms with Crippen molar-refractivity contribution in [2.24, 2.45) is 4.99 Å². The molecule has 0 saturated heterocycles. The van der Waals surface area contributed by atoms with Gasteiger partial charge in [0.1, 0.15) is 6.33 Å². The largest absolute Gasteiger partial charge is 0.234 e. The van der Waals surface area contributed by atoms with Crippen molar-refractivity contribution in [1.29, 1.82) is 0 Å². The molecule has 2 aromatic heterocycles. The number of allylic oxidation sites excluding steroid dienone is 1. The van der Waals surface area contributed by atoms with Crippen LogP contribution in [-0.2, 0) is 0 Å². The molecule has 5 nitrogen and oxygen atoms in total. The first kappa shape index (κ1) is 26.0. The number of aromatic nitrogens is 4. The molecule has 6 aromatic rings. The van der Waals surface area contributed by atoms with Gasteiger partial charge in [-0.25, -0.2) is 24.9 Å². The first-order chi connectivity index (χ1) is 20.0. The van der Waals surface area contributed by atoms with Crippen LogP contribution in [0.25, 0.3) is 39.3 Å². The molecule has 0 aliphatic rings. The van der Waals surface area contributed by atoms with Crippen LogP contribution in [0.5, 0.6) is 0 Å². The Hall–Kier alpha value is -5.29. The minimum atomic E-state index is 0.641. The van der Waals surface area contributed by atoms with E-state index in [1.54, 1.807) is 6.33 Å². The van der Waals surface area contributed by atoms with E-state index in [1.165, 1.54) is 5.56 Å². The number of aliphatic imine (C=N–C) groups is 1. The maximum Gasteiger partial charge on any atom is 0.163 e. The first-order valence-corrected chi connectivity index (χ1v) is 13.6. The van der Waals surface area contributed by atoms with Crippen LogP contribution >= 0.6 is 0 Å². The molecular weight excluding hydrogens is 502 g/mol. The molecule has 0 amide bonds. The summed E-state index contributed by atoms with van der Waals surface area (Å²) in [6, 6.07) is 37.0. The molecule has 6 rings (SSSR count). The predicted molar refractivity (Wildman–Crippen MR) is 168 cm³/mol. The lowest BCUT2D eigenvalue weighted by Crippen LogP contribution is -1.97. The number of fused-ring (bicyclic) bond motifs is 1. The van der Waals surface area contributed by atoms with Crippen molar-refractivity contribution in [2.75, 3.05) is 0 Å². The summed E-state index contributed by atoms with van der Waals surface area (Å²) < 4.78 is 0. The second kappa shape index (κ2) is 11.4. The average molecular weight is 532 g/mol. The Labute approximate surface area is 240 Å². The number of hydrogen-bond donors (Lipinski definition) is 0. The van der Waals surface area contributed by atoms with E-state index in [4.69, 9.17) is 15.0 Å². The molecule has 0 bridgehead atoms. The smallest absolute Gasteiger partial charge is 0.163 e. The zero-order valence-corrected chi connectivity index (χ0v) is 23.3. The average Bonchev–Trinajstić information content (AvgIpc) is 3.01. The monoisotopic (exact) mass is 531 g/mol. The summed E-state index contributed by atoms with van der Waals surface area (Å²) in [5, 5.41) is 1.12. The third-order valence-electron chi connectivity index (χ3n) is 7.02. The van der Waals surface area contributed by atoms with Gasteiger partial charge in [-0.05, 0) is 66.8 Å². The van der Waals surface area contributed by atoms with Gasteiger partial charge in [0.2, 0.25) is 0 Å². The number of para-hydroxylation sites is 1. The number of pyridine rings is 1. The molecule has 0 spiro atoms. The van der Waals surface area contributed by atoms with Gasteiger partial charge >= 0.3 is 0 Å². The summed E-state index contributed by atoms with van der Waals surface area (Å²) in [6.07, 6.45) is 3.71. The fraction of sp³-hybridized carbons (Fsp3) is 0.0833. The first-order valence-electron chi connectivity index (χ1n) is 13.6. The number of rotatable bonds is 6. The van der Waals surface area contributed by atoms with E-state index >= 15 is 0 Å². The van der Waals surface area contributed by atoms with Gasteiger partial charge in [0.05, 0.1) is 5.52 Å². The standard InChI is InChI=1S/C36H29N5/c1-24-11-7-9-15-31(24)32(22-26(3)39-34-25(2)21-30-14-8-10-16-33(30)40-34)27-17-19-29(20-18-27)36-38-23-37-35(41-36)28-12-5-4-6-13-28/h4-23H,1-3H3/b32-22-,39-26?. The van der Waals surface area contributed by atoms with Gasteiger partial charge < -0.3 is 0 Å². The molecule has 0 unspecified atom stereocenters. The van der Waals surface area contributed by atoms with E-state index in [0.717, 1.165) is 55.8 Å². The lowest BCUT2D eigenvalue weighted by atomic mass is 9.92. The van der Waals surface area contributed by atoms with Crippen LogP contribution in [0, 0.1) is 13.8 Å². The predicted octanol–water partition coefficient (Wildman–Crippen LogP) is 8.59. The van der Waals surface area contributed by atoms with E-state index in [9.17, 15) is 0 Å². The van der Waals surface area contributed by atoms with Crippen LogP contribution in [0.1, 0.15) is 29.2 Å². The summed E-state index contributed by atoms with van der Waals surface area (Å²) in [5.41, 5.74) is 9.28. The number of benzene rings is 4. The quantitative estimate of drug-likeness (QED) is 0.202. The SMILES string of the molecule is CC(/C=C(/c1ccc(-c2ncnc(-c3ccccc3)n2)cc1)c1ccccc1C)=Nc1nc2ccccc2cc1C. The Bertz CT molecular complexity index is 1910. The van der Waals surface area contributed by atoms with Gasteiger partial charge in [-0.15, -0.1) is 0 Å². The molecule has 0 fully saturated rings. The number of aryl methyl sites for hydroxylation is 2. The third kappa shape index (κ3) is 5.70. The van der Waals surface area contributed by atoms with E-state index in [0.29, 0.717) is 11.6 Å². The van der Waals surface area contributed by atoms with E-state index < -0.39 is 0 Å². The van der Waals surface area contributed by atoms with Crippen molar-refractivity contribution in [1.82, 2.24) is 19.9 Å². The summed E-state index contributed by atoms with van der Waals surface area (Å²) >= 11 is 0. The van der Waals surface area contributed by atoms with E-state index in [2.05, 4.69) is 90.6 Å². The molecule has 0 atom stereocenters. The van der Waals surface area contributed by atoms with Gasteiger partial charge in [0, 0.05) is 22.2 Å². The molecule has 0 aliphatic carbocycles. The van der Waals surface area contributed by atoms with Crippen molar-refractivity contribution in [3.05, 3.63) is 144 Å². The highest BCUT2D eigenvalue weighted by Crippen LogP contribution is 2.29. The molecule has 0 saturated carbocycles. The third-order valence-corrected chi connectivity index (χ3v) is 7.02. The topological polar surface area (TPSA) is 63.9 Å². The normalized spacial score (nSPS) is 12.1. The zero-order valence-electron chi connectivity index (χ0n) is 23.3. The number of hydrogen-bond acceptors (Lipinski definition) is 5. The Kier molecular flexibility index (Phi) is 7.25. The van der Waals surface area contributed by atoms with Crippen LogP contribution in [0.3, 0.4) is 0 Å². The Morgan fingerprint density at radius 2 is 1.32 bits per heavy atom. The van der Waals surface area contributed by atoms with Crippen LogP contribution in [-0.4, -0.2) is 25.6 Å². The fourth-order valence-electron chi connectivity index (χ4n) is 4.89. The molecule has 2 heterocycles. The maximum atomic E-state index is 4.94. The lowest BCUT2D eigenvalue weighted by molar-refractivity contribution is 1.06. The summed E-state index contributed by atoms with van der Waals surface area (Å²) in [7, 11) is 0. The molecule has 5 heteroatoms. The highest BCUT2D eigenvalue weighted by Gasteiger charge is 2.11. The molecule has 0 radical (unpaired) electrons. The Morgan fingerprint density at radius 1 is 0.659 bits per heavy atom. The van der Waals surface area contributed by atoms with Crippen molar-refractivity contribution in [3.63, 3.8) is 0 Å². The summed E-state index contributed by atoms with van der Waals surface area (Å²) in [5.74, 6) is 2.04. The van der Waals surface area contributed by atoms with Crippen molar-refractivity contribution < 1.29 is 0 Å². The lowest BCUT2D eigenvalue weighted by Gasteiger charge is -2.13. The van der Waals surface area contributed by atoms with Gasteiger partial charge in [-0.3, -0.25) is 0 Å². The molecular formula is C36H29N5. The summed E-state index contributed by atoms with van der Waals surface area (Å²) in [6.45, 7) is 6.22. The van der Waals surface area contributed by atoms with Gasteiger partial charge in [-0.1, -0.05) is 97.1 Å². The number of nitrogens with zero attached hydrogens (tertiary/aromatic N) is 5. The van der Waals surface area contributed by atoms with Crippen LogP contribution in [0.15, 0.2) is 127 Å². The van der Waals surface area contributed by atoms with Crippen LogP contribution in [0.2, 0.25) is 0 Å². The minimum absolute atomic E-state index is 0.641.